The van der Waals surface area contributed by atoms with Crippen molar-refractivity contribution < 1.29 is 14.4 Å². The summed E-state index contributed by atoms with van der Waals surface area (Å²) in [6, 6.07) is 49.1. The van der Waals surface area contributed by atoms with Gasteiger partial charge >= 0.3 is 0 Å². The van der Waals surface area contributed by atoms with Crippen LogP contribution in [0.15, 0.2) is 158 Å². The van der Waals surface area contributed by atoms with Crippen molar-refractivity contribution in [3.63, 3.8) is 0 Å². The molecule has 0 bridgehead atoms. The Hall–Kier alpha value is -4.89. The summed E-state index contributed by atoms with van der Waals surface area (Å²) in [5.41, 5.74) is 3.02. The van der Waals surface area contributed by atoms with Gasteiger partial charge in [0.2, 0.25) is 0 Å². The van der Waals surface area contributed by atoms with E-state index in [1.54, 1.807) is 13.8 Å². The summed E-state index contributed by atoms with van der Waals surface area (Å²) in [6.07, 6.45) is 0. The van der Waals surface area contributed by atoms with Gasteiger partial charge in [0.05, 0.1) is 0 Å². The van der Waals surface area contributed by atoms with Crippen LogP contribution in [0.4, 0.5) is 0 Å². The van der Waals surface area contributed by atoms with Gasteiger partial charge in [-0.15, -0.1) is 0 Å². The summed E-state index contributed by atoms with van der Waals surface area (Å²) in [4.78, 5) is 33.1. The van der Waals surface area contributed by atoms with E-state index in [1.807, 2.05) is 213 Å². The Bertz CT molecular complexity index is 1220. The van der Waals surface area contributed by atoms with Crippen molar-refractivity contribution in [1.82, 2.24) is 0 Å². The number of benzene rings is 5. The molecule has 254 valence electrons. The molecule has 0 aliphatic heterocycles. The van der Waals surface area contributed by atoms with E-state index >= 15 is 0 Å². The van der Waals surface area contributed by atoms with Crippen molar-refractivity contribution in [3.8, 4) is 0 Å². The molecular formula is C44H60O3. The normalized spacial score (nSPS) is 7.87. The molecule has 0 atom stereocenters. The van der Waals surface area contributed by atoms with E-state index in [4.69, 9.17) is 0 Å². The molecule has 0 spiro atoms. The second kappa shape index (κ2) is 37.3. The van der Waals surface area contributed by atoms with Crippen molar-refractivity contribution in [2.45, 2.75) is 76.7 Å². The molecular weight excluding hydrogens is 576 g/mol. The maximum Gasteiger partial charge on any atom is 0.193 e. The Balaban J connectivity index is -0.000000250. The average molecular weight is 637 g/mol. The molecule has 0 amide bonds. The van der Waals surface area contributed by atoms with Crippen LogP contribution in [0, 0.1) is 0 Å². The smallest absolute Gasteiger partial charge is 0.193 e. The molecule has 3 heteroatoms. The second-order valence-electron chi connectivity index (χ2n) is 8.06. The first-order valence-electron chi connectivity index (χ1n) is 16.3. The zero-order valence-electron chi connectivity index (χ0n) is 29.7. The quantitative estimate of drug-likeness (QED) is 0.184. The molecule has 0 N–H and O–H groups in total. The molecule has 5 aromatic carbocycles. The third-order valence-corrected chi connectivity index (χ3v) is 5.10. The highest BCUT2D eigenvalue weighted by atomic mass is 16.1. The van der Waals surface area contributed by atoms with E-state index in [1.165, 1.54) is 0 Å². The number of carbonyl (C=O) groups excluding carboxylic acids is 3. The largest absolute Gasteiger partial charge is 0.295 e. The molecule has 0 radical (unpaired) electrons. The van der Waals surface area contributed by atoms with Crippen LogP contribution < -0.4 is 0 Å². The predicted octanol–water partition coefficient (Wildman–Crippen LogP) is 13.1. The van der Waals surface area contributed by atoms with Gasteiger partial charge in [-0.3, -0.25) is 14.4 Å². The van der Waals surface area contributed by atoms with Crippen LogP contribution >= 0.6 is 0 Å². The van der Waals surface area contributed by atoms with Gasteiger partial charge in [-0.25, -0.2) is 0 Å². The molecule has 0 unspecified atom stereocenters. The zero-order valence-corrected chi connectivity index (χ0v) is 29.7. The molecule has 47 heavy (non-hydrogen) atoms. The van der Waals surface area contributed by atoms with Crippen LogP contribution in [0.5, 0.6) is 0 Å². The Morgan fingerprint density at radius 3 is 0.596 bits per heavy atom. The van der Waals surface area contributed by atoms with Crippen LogP contribution in [0.1, 0.15) is 113 Å². The van der Waals surface area contributed by atoms with Gasteiger partial charge < -0.3 is 0 Å². The molecule has 5 aromatic rings. The average Bonchev–Trinajstić information content (AvgIpc) is 3.17. The minimum atomic E-state index is 0. The molecule has 0 heterocycles. The van der Waals surface area contributed by atoms with Crippen molar-refractivity contribution in [2.24, 2.45) is 0 Å². The summed E-state index contributed by atoms with van der Waals surface area (Å²) in [7, 11) is 0. The topological polar surface area (TPSA) is 51.2 Å². The first-order valence-corrected chi connectivity index (χ1v) is 16.3. The van der Waals surface area contributed by atoms with Crippen LogP contribution in [-0.2, 0) is 0 Å². The fourth-order valence-electron chi connectivity index (χ4n) is 3.08. The van der Waals surface area contributed by atoms with Gasteiger partial charge in [-0.2, -0.15) is 0 Å². The number of hydrogen-bond acceptors (Lipinski definition) is 3. The highest BCUT2D eigenvalue weighted by Crippen LogP contribution is 2.08. The number of Topliss-reactive ketones (excluding diaryl/α,β-unsaturated/α-hetero) is 2. The van der Waals surface area contributed by atoms with E-state index in [2.05, 4.69) is 0 Å². The van der Waals surface area contributed by atoms with E-state index in [0.717, 1.165) is 22.3 Å². The minimum absolute atomic E-state index is 0. The van der Waals surface area contributed by atoms with Gasteiger partial charge in [0.15, 0.2) is 17.3 Å². The highest BCUT2D eigenvalue weighted by Gasteiger charge is 2.06. The van der Waals surface area contributed by atoms with Crippen LogP contribution in [0.2, 0.25) is 0 Å². The Labute approximate surface area is 287 Å². The van der Waals surface area contributed by atoms with Gasteiger partial charge in [-0.1, -0.05) is 221 Å². The number of ketones is 3. The summed E-state index contributed by atoms with van der Waals surface area (Å²) in [5.74, 6) is 0.317. The zero-order chi connectivity index (χ0) is 35.4. The lowest BCUT2D eigenvalue weighted by Gasteiger charge is -1.99. The Morgan fingerprint density at radius 2 is 0.447 bits per heavy atom. The van der Waals surface area contributed by atoms with E-state index in [0.29, 0.717) is 0 Å². The van der Waals surface area contributed by atoms with Gasteiger partial charge in [0, 0.05) is 22.3 Å². The molecule has 5 rings (SSSR count). The maximum atomic E-state index is 11.8. The molecule has 3 nitrogen and oxygen atoms in total. The molecule has 0 saturated carbocycles. The summed E-state index contributed by atoms with van der Waals surface area (Å²) in [5, 5.41) is 0. The number of rotatable bonds is 4. The van der Waals surface area contributed by atoms with Crippen molar-refractivity contribution in [2.75, 3.05) is 0 Å². The fraction of sp³-hybridized carbons (Fsp3) is 0.250. The molecule has 0 saturated heterocycles. The van der Waals surface area contributed by atoms with Gasteiger partial charge in [0.25, 0.3) is 0 Å². The second-order valence-corrected chi connectivity index (χ2v) is 8.06. The standard InChI is InChI=1S/C13H10O.2C8H8O.C6H6.4C2H6.CH4/c14-13(11-7-3-1-4-8-11)12-9-5-2-6-10-12;2*1-7(9)8-5-3-2-4-6-8;1-2-4-6-5-3-1;4*1-2;/h1-10H;2*2-6H,1H3;1-6H;4*1-2H3;1H4. The first kappa shape index (κ1) is 49.0. The van der Waals surface area contributed by atoms with Crippen LogP contribution in [0.3, 0.4) is 0 Å². The summed E-state index contributed by atoms with van der Waals surface area (Å²) in [6.45, 7) is 19.1. The first-order chi connectivity index (χ1) is 22.5. The molecule has 0 aliphatic rings. The summed E-state index contributed by atoms with van der Waals surface area (Å²) < 4.78 is 0. The van der Waals surface area contributed by atoms with Crippen molar-refractivity contribution in [1.29, 1.82) is 0 Å². The number of carbonyl (C=O) groups is 3. The predicted molar refractivity (Wildman–Crippen MR) is 208 cm³/mol. The molecule has 0 aromatic heterocycles. The minimum Gasteiger partial charge on any atom is -0.295 e. The third kappa shape index (κ3) is 26.1. The lowest BCUT2D eigenvalue weighted by Crippen LogP contribution is -1.99. The Morgan fingerprint density at radius 1 is 0.298 bits per heavy atom. The Kier molecular flexibility index (Phi) is 38.9. The van der Waals surface area contributed by atoms with E-state index in [-0.39, 0.29) is 24.8 Å². The lowest BCUT2D eigenvalue weighted by molar-refractivity contribution is 0.100. The molecule has 0 fully saturated rings. The maximum absolute atomic E-state index is 11.8. The molecule has 0 aliphatic carbocycles. The third-order valence-electron chi connectivity index (χ3n) is 5.10. The fourth-order valence-corrected chi connectivity index (χ4v) is 3.08. The monoisotopic (exact) mass is 636 g/mol. The van der Waals surface area contributed by atoms with Crippen molar-refractivity contribution >= 4 is 17.3 Å². The van der Waals surface area contributed by atoms with Crippen LogP contribution in [-0.4, -0.2) is 17.3 Å². The van der Waals surface area contributed by atoms with E-state index < -0.39 is 0 Å². The van der Waals surface area contributed by atoms with E-state index in [9.17, 15) is 14.4 Å². The highest BCUT2D eigenvalue weighted by molar-refractivity contribution is 6.08. The lowest BCUT2D eigenvalue weighted by atomic mass is 10.0. The van der Waals surface area contributed by atoms with Crippen molar-refractivity contribution in [3.05, 3.63) is 180 Å². The van der Waals surface area contributed by atoms with Gasteiger partial charge in [-0.05, 0) is 13.8 Å². The van der Waals surface area contributed by atoms with Crippen LogP contribution in [0.25, 0.3) is 0 Å². The van der Waals surface area contributed by atoms with Gasteiger partial charge in [0.1, 0.15) is 0 Å². The number of hydrogen-bond donors (Lipinski definition) is 0. The summed E-state index contributed by atoms with van der Waals surface area (Å²) >= 11 is 0. The SMILES string of the molecule is C.CC.CC.CC.CC.CC(=O)c1ccccc1.CC(=O)c1ccccc1.O=C(c1ccccc1)c1ccccc1.c1ccccc1.